The molecule has 22 heavy (non-hydrogen) atoms. The van der Waals surface area contributed by atoms with Gasteiger partial charge in [0.2, 0.25) is 10.0 Å². The molecule has 0 fully saturated rings. The third kappa shape index (κ3) is 3.57. The first-order valence-electron chi connectivity index (χ1n) is 7.37. The zero-order valence-electron chi connectivity index (χ0n) is 13.8. The number of nitrogens with one attached hydrogen (secondary N) is 1. The Balaban J connectivity index is 2.34. The van der Waals surface area contributed by atoms with Crippen LogP contribution in [-0.4, -0.2) is 8.42 Å². The molecule has 3 nitrogen and oxygen atoms in total. The summed E-state index contributed by atoms with van der Waals surface area (Å²) in [5.74, 6) is 0. The lowest BCUT2D eigenvalue weighted by Crippen LogP contribution is -2.28. The summed E-state index contributed by atoms with van der Waals surface area (Å²) in [4.78, 5) is 0.386. The Labute approximate surface area is 133 Å². The van der Waals surface area contributed by atoms with Gasteiger partial charge in [-0.25, -0.2) is 13.1 Å². The molecule has 2 aromatic rings. The van der Waals surface area contributed by atoms with E-state index in [1.807, 2.05) is 71.0 Å². The van der Waals surface area contributed by atoms with Crippen molar-refractivity contribution in [2.75, 3.05) is 0 Å². The van der Waals surface area contributed by atoms with Crippen LogP contribution in [0.4, 0.5) is 0 Å². The Hall–Kier alpha value is -1.65. The van der Waals surface area contributed by atoms with E-state index >= 15 is 0 Å². The van der Waals surface area contributed by atoms with Crippen molar-refractivity contribution in [2.45, 2.75) is 45.6 Å². The summed E-state index contributed by atoms with van der Waals surface area (Å²) in [6.07, 6.45) is 0. The standard InChI is InChI=1S/C18H23NO2S/c1-12-6-8-17(9-7-12)16(5)19-22(20,21)18-14(3)10-13(2)11-15(18)4/h6-11,16,19H,1-5H3/t16-/m1/s1. The first-order valence-corrected chi connectivity index (χ1v) is 8.86. The molecule has 0 heterocycles. The van der Waals surface area contributed by atoms with Crippen LogP contribution in [0.3, 0.4) is 0 Å². The Morgan fingerprint density at radius 1 is 0.864 bits per heavy atom. The zero-order valence-corrected chi connectivity index (χ0v) is 14.6. The number of hydrogen-bond donors (Lipinski definition) is 1. The van der Waals surface area contributed by atoms with Gasteiger partial charge in [0.05, 0.1) is 4.90 Å². The van der Waals surface area contributed by atoms with Crippen LogP contribution < -0.4 is 4.72 Å². The van der Waals surface area contributed by atoms with Crippen molar-refractivity contribution in [1.82, 2.24) is 4.72 Å². The van der Waals surface area contributed by atoms with Gasteiger partial charge in [-0.3, -0.25) is 0 Å². The molecule has 0 aromatic heterocycles. The van der Waals surface area contributed by atoms with Crippen LogP contribution in [0.1, 0.15) is 40.8 Å². The summed E-state index contributed by atoms with van der Waals surface area (Å²) in [7, 11) is -3.55. The molecule has 0 spiro atoms. The monoisotopic (exact) mass is 317 g/mol. The summed E-state index contributed by atoms with van der Waals surface area (Å²) in [5.41, 5.74) is 4.74. The van der Waals surface area contributed by atoms with Crippen molar-refractivity contribution in [3.8, 4) is 0 Å². The molecule has 0 aliphatic carbocycles. The molecule has 118 valence electrons. The molecule has 0 saturated heterocycles. The second-order valence-electron chi connectivity index (χ2n) is 5.98. The van der Waals surface area contributed by atoms with Crippen LogP contribution in [0, 0.1) is 27.7 Å². The molecule has 4 heteroatoms. The van der Waals surface area contributed by atoms with Gasteiger partial charge < -0.3 is 0 Å². The Morgan fingerprint density at radius 3 is 1.86 bits per heavy atom. The number of aryl methyl sites for hydroxylation is 4. The second-order valence-corrected chi connectivity index (χ2v) is 7.63. The third-order valence-electron chi connectivity index (χ3n) is 3.78. The summed E-state index contributed by atoms with van der Waals surface area (Å²) in [6, 6.07) is 11.4. The highest BCUT2D eigenvalue weighted by Gasteiger charge is 2.22. The summed E-state index contributed by atoms with van der Waals surface area (Å²) >= 11 is 0. The quantitative estimate of drug-likeness (QED) is 0.928. The SMILES string of the molecule is Cc1ccc([C@@H](C)NS(=O)(=O)c2c(C)cc(C)cc2C)cc1. The highest BCUT2D eigenvalue weighted by atomic mass is 32.2. The molecule has 0 radical (unpaired) electrons. The highest BCUT2D eigenvalue weighted by Crippen LogP contribution is 2.24. The second kappa shape index (κ2) is 6.23. The van der Waals surface area contributed by atoms with Crippen LogP contribution in [-0.2, 0) is 10.0 Å². The van der Waals surface area contributed by atoms with Gasteiger partial charge in [-0.05, 0) is 51.3 Å². The smallest absolute Gasteiger partial charge is 0.207 e. The fraction of sp³-hybridized carbons (Fsp3) is 0.333. The topological polar surface area (TPSA) is 46.2 Å². The van der Waals surface area contributed by atoms with Gasteiger partial charge in [-0.2, -0.15) is 0 Å². The first-order chi connectivity index (χ1) is 10.2. The lowest BCUT2D eigenvalue weighted by Gasteiger charge is -2.18. The van der Waals surface area contributed by atoms with E-state index in [4.69, 9.17) is 0 Å². The van der Waals surface area contributed by atoms with Gasteiger partial charge in [-0.15, -0.1) is 0 Å². The number of sulfonamides is 1. The van der Waals surface area contributed by atoms with Crippen molar-refractivity contribution < 1.29 is 8.42 Å². The maximum atomic E-state index is 12.7. The van der Waals surface area contributed by atoms with E-state index in [-0.39, 0.29) is 6.04 Å². The molecule has 0 aliphatic heterocycles. The fourth-order valence-corrected chi connectivity index (χ4v) is 4.49. The normalized spacial score (nSPS) is 13.1. The minimum atomic E-state index is -3.55. The Kier molecular flexibility index (Phi) is 4.73. The maximum Gasteiger partial charge on any atom is 0.241 e. The van der Waals surface area contributed by atoms with E-state index in [0.29, 0.717) is 4.90 Å². The van der Waals surface area contributed by atoms with Gasteiger partial charge >= 0.3 is 0 Å². The molecule has 1 N–H and O–H groups in total. The molecule has 2 rings (SSSR count). The largest absolute Gasteiger partial charge is 0.241 e. The van der Waals surface area contributed by atoms with E-state index in [1.165, 1.54) is 0 Å². The van der Waals surface area contributed by atoms with E-state index in [1.54, 1.807) is 0 Å². The van der Waals surface area contributed by atoms with E-state index in [9.17, 15) is 8.42 Å². The number of rotatable bonds is 4. The van der Waals surface area contributed by atoms with Gasteiger partial charge in [0.25, 0.3) is 0 Å². The molecular formula is C18H23NO2S. The predicted molar refractivity (Wildman–Crippen MR) is 90.6 cm³/mol. The molecular weight excluding hydrogens is 294 g/mol. The molecule has 1 atom stereocenters. The molecule has 0 amide bonds. The van der Waals surface area contributed by atoms with Crippen LogP contribution in [0.2, 0.25) is 0 Å². The van der Waals surface area contributed by atoms with Crippen molar-refractivity contribution in [1.29, 1.82) is 0 Å². The molecule has 0 saturated carbocycles. The third-order valence-corrected chi connectivity index (χ3v) is 5.63. The van der Waals surface area contributed by atoms with Crippen LogP contribution in [0.5, 0.6) is 0 Å². The fourth-order valence-electron chi connectivity index (χ4n) is 2.81. The Morgan fingerprint density at radius 2 is 1.36 bits per heavy atom. The molecule has 0 unspecified atom stereocenters. The maximum absolute atomic E-state index is 12.7. The molecule has 0 aliphatic rings. The number of hydrogen-bond acceptors (Lipinski definition) is 2. The van der Waals surface area contributed by atoms with Crippen molar-refractivity contribution in [3.05, 3.63) is 64.2 Å². The van der Waals surface area contributed by atoms with Crippen molar-refractivity contribution in [3.63, 3.8) is 0 Å². The summed E-state index contributed by atoms with van der Waals surface area (Å²) in [6.45, 7) is 9.52. The zero-order chi connectivity index (χ0) is 16.5. The first kappa shape index (κ1) is 16.7. The van der Waals surface area contributed by atoms with Crippen LogP contribution in [0.25, 0.3) is 0 Å². The van der Waals surface area contributed by atoms with Gasteiger partial charge in [0, 0.05) is 6.04 Å². The molecule has 2 aromatic carbocycles. The van der Waals surface area contributed by atoms with Crippen molar-refractivity contribution >= 4 is 10.0 Å². The Bertz CT molecular complexity index is 754. The lowest BCUT2D eigenvalue weighted by molar-refractivity contribution is 0.565. The van der Waals surface area contributed by atoms with Crippen LogP contribution in [0.15, 0.2) is 41.3 Å². The van der Waals surface area contributed by atoms with Gasteiger partial charge in [0.1, 0.15) is 0 Å². The average molecular weight is 317 g/mol. The lowest BCUT2D eigenvalue weighted by atomic mass is 10.1. The molecule has 0 bridgehead atoms. The van der Waals surface area contributed by atoms with E-state index in [0.717, 1.165) is 27.8 Å². The van der Waals surface area contributed by atoms with Gasteiger partial charge in [0.15, 0.2) is 0 Å². The minimum Gasteiger partial charge on any atom is -0.207 e. The summed E-state index contributed by atoms with van der Waals surface area (Å²) < 4.78 is 28.2. The highest BCUT2D eigenvalue weighted by molar-refractivity contribution is 7.89. The van der Waals surface area contributed by atoms with E-state index < -0.39 is 10.0 Å². The van der Waals surface area contributed by atoms with Gasteiger partial charge in [-0.1, -0.05) is 47.5 Å². The van der Waals surface area contributed by atoms with Crippen molar-refractivity contribution in [2.24, 2.45) is 0 Å². The van der Waals surface area contributed by atoms with Crippen LogP contribution >= 0.6 is 0 Å². The predicted octanol–water partition coefficient (Wildman–Crippen LogP) is 3.96. The summed E-state index contributed by atoms with van der Waals surface area (Å²) in [5, 5.41) is 0. The number of benzene rings is 2. The average Bonchev–Trinajstić information content (AvgIpc) is 2.36. The minimum absolute atomic E-state index is 0.272. The van der Waals surface area contributed by atoms with E-state index in [2.05, 4.69) is 4.72 Å².